The van der Waals surface area contributed by atoms with Crippen molar-refractivity contribution < 1.29 is 9.53 Å². The van der Waals surface area contributed by atoms with Crippen molar-refractivity contribution in [3.05, 3.63) is 63.9 Å². The minimum Gasteiger partial charge on any atom is -0.497 e. The topological polar surface area (TPSA) is 90.5 Å². The molecule has 0 aliphatic carbocycles. The summed E-state index contributed by atoms with van der Waals surface area (Å²) in [7, 11) is 1.64. The van der Waals surface area contributed by atoms with Gasteiger partial charge in [-0.2, -0.15) is 0 Å². The van der Waals surface area contributed by atoms with Gasteiger partial charge in [-0.1, -0.05) is 30.8 Å². The quantitative estimate of drug-likeness (QED) is 0.397. The Balaban J connectivity index is 1.84. The van der Waals surface area contributed by atoms with Gasteiger partial charge in [-0.3, -0.25) is 18.6 Å². The third kappa shape index (κ3) is 4.59. The van der Waals surface area contributed by atoms with Crippen LogP contribution in [0.3, 0.4) is 0 Å². The van der Waals surface area contributed by atoms with Crippen molar-refractivity contribution in [2.45, 2.75) is 50.7 Å². The number of benzene rings is 2. The zero-order chi connectivity index (χ0) is 23.5. The molecule has 172 valence electrons. The number of fused-ring (bicyclic) bond motifs is 3. The number of hydrogen-bond donors (Lipinski definition) is 1. The highest BCUT2D eigenvalue weighted by Gasteiger charge is 2.18. The molecule has 4 aromatic rings. The number of aryl methyl sites for hydroxylation is 1. The molecule has 8 nitrogen and oxygen atoms in total. The zero-order valence-corrected chi connectivity index (χ0v) is 20.0. The summed E-state index contributed by atoms with van der Waals surface area (Å²) in [5, 5.41) is 12.8. The second-order valence-electron chi connectivity index (χ2n) is 8.08. The number of aromatic nitrogens is 4. The predicted molar refractivity (Wildman–Crippen MR) is 130 cm³/mol. The van der Waals surface area contributed by atoms with Gasteiger partial charge < -0.3 is 10.1 Å². The van der Waals surface area contributed by atoms with Crippen molar-refractivity contribution in [3.63, 3.8) is 0 Å². The maximum Gasteiger partial charge on any atom is 0.262 e. The molecule has 0 atom stereocenters. The first-order chi connectivity index (χ1) is 15.9. The smallest absolute Gasteiger partial charge is 0.262 e. The Morgan fingerprint density at radius 3 is 2.73 bits per heavy atom. The van der Waals surface area contributed by atoms with Crippen molar-refractivity contribution in [1.82, 2.24) is 24.5 Å². The molecule has 0 saturated heterocycles. The standard InChI is InChI=1S/C24H27N5O3S/c1-5-11-28-22(31)19-10-9-17(21(30)25-15(2)3)13-20(19)29-23(28)26-27-24(29)33-14-16-7-6-8-18(12-16)32-4/h6-10,12-13,15H,5,11,14H2,1-4H3,(H,25,30). The van der Waals surface area contributed by atoms with Crippen LogP contribution in [-0.2, 0) is 12.3 Å². The van der Waals surface area contributed by atoms with Gasteiger partial charge in [0.2, 0.25) is 5.78 Å². The maximum atomic E-state index is 13.2. The molecule has 1 N–H and O–H groups in total. The maximum absolute atomic E-state index is 13.2. The van der Waals surface area contributed by atoms with E-state index in [1.165, 1.54) is 11.8 Å². The fourth-order valence-corrected chi connectivity index (χ4v) is 4.58. The van der Waals surface area contributed by atoms with E-state index in [1.807, 2.05) is 49.4 Å². The van der Waals surface area contributed by atoms with Crippen LogP contribution in [0.15, 0.2) is 52.4 Å². The van der Waals surface area contributed by atoms with Crippen LogP contribution in [0.4, 0.5) is 0 Å². The van der Waals surface area contributed by atoms with Gasteiger partial charge in [0.1, 0.15) is 5.75 Å². The Morgan fingerprint density at radius 2 is 2.00 bits per heavy atom. The van der Waals surface area contributed by atoms with E-state index in [4.69, 9.17) is 4.74 Å². The van der Waals surface area contributed by atoms with Gasteiger partial charge in [0, 0.05) is 23.9 Å². The fourth-order valence-electron chi connectivity index (χ4n) is 3.70. The highest BCUT2D eigenvalue weighted by atomic mass is 32.2. The van der Waals surface area contributed by atoms with Gasteiger partial charge in [-0.15, -0.1) is 10.2 Å². The Labute approximate surface area is 196 Å². The first kappa shape index (κ1) is 22.8. The number of ether oxygens (including phenoxy) is 1. The number of methoxy groups -OCH3 is 1. The Kier molecular flexibility index (Phi) is 6.69. The molecule has 2 aromatic heterocycles. The van der Waals surface area contributed by atoms with Gasteiger partial charge in [-0.25, -0.2) is 0 Å². The third-order valence-corrected chi connectivity index (χ3v) is 6.20. The molecule has 1 amide bonds. The summed E-state index contributed by atoms with van der Waals surface area (Å²) in [4.78, 5) is 25.8. The first-order valence-electron chi connectivity index (χ1n) is 10.9. The molecule has 2 heterocycles. The minimum absolute atomic E-state index is 0.00895. The molecule has 33 heavy (non-hydrogen) atoms. The second kappa shape index (κ2) is 9.66. The second-order valence-corrected chi connectivity index (χ2v) is 9.02. The van der Waals surface area contributed by atoms with E-state index >= 15 is 0 Å². The van der Waals surface area contributed by atoms with Crippen LogP contribution in [0.1, 0.15) is 43.1 Å². The van der Waals surface area contributed by atoms with Gasteiger partial charge in [-0.05, 0) is 56.2 Å². The lowest BCUT2D eigenvalue weighted by molar-refractivity contribution is 0.0943. The molecule has 0 radical (unpaired) electrons. The molecule has 0 fully saturated rings. The number of nitrogens with zero attached hydrogens (tertiary/aromatic N) is 4. The minimum atomic E-state index is -0.184. The van der Waals surface area contributed by atoms with Crippen LogP contribution >= 0.6 is 11.8 Å². The molecular formula is C24H27N5O3S. The predicted octanol–water partition coefficient (Wildman–Crippen LogP) is 3.89. The van der Waals surface area contributed by atoms with Crippen LogP contribution < -0.4 is 15.6 Å². The molecule has 0 saturated carbocycles. The number of thioether (sulfide) groups is 1. The lowest BCUT2D eigenvalue weighted by atomic mass is 10.1. The van der Waals surface area contributed by atoms with E-state index < -0.39 is 0 Å². The van der Waals surface area contributed by atoms with E-state index in [9.17, 15) is 9.59 Å². The van der Waals surface area contributed by atoms with E-state index in [0.29, 0.717) is 39.7 Å². The number of carbonyl (C=O) groups is 1. The van der Waals surface area contributed by atoms with Gasteiger partial charge in [0.15, 0.2) is 5.16 Å². The summed E-state index contributed by atoms with van der Waals surface area (Å²) in [5.41, 5.74) is 2.06. The average molecular weight is 466 g/mol. The zero-order valence-electron chi connectivity index (χ0n) is 19.2. The van der Waals surface area contributed by atoms with Crippen LogP contribution in [0.25, 0.3) is 16.7 Å². The summed E-state index contributed by atoms with van der Waals surface area (Å²) in [6, 6.07) is 13.0. The fraction of sp³-hybridized carbons (Fsp3) is 0.333. The third-order valence-electron chi connectivity index (χ3n) is 5.20. The van der Waals surface area contributed by atoms with Crippen molar-refractivity contribution in [2.24, 2.45) is 0 Å². The van der Waals surface area contributed by atoms with Crippen molar-refractivity contribution >= 4 is 34.3 Å². The highest BCUT2D eigenvalue weighted by Crippen LogP contribution is 2.26. The van der Waals surface area contributed by atoms with Crippen LogP contribution in [0, 0.1) is 0 Å². The van der Waals surface area contributed by atoms with Gasteiger partial charge in [0.25, 0.3) is 11.5 Å². The largest absolute Gasteiger partial charge is 0.497 e. The Bertz CT molecular complexity index is 1380. The number of rotatable bonds is 8. The van der Waals surface area contributed by atoms with E-state index in [0.717, 1.165) is 17.7 Å². The number of amides is 1. The average Bonchev–Trinajstić information content (AvgIpc) is 3.23. The van der Waals surface area contributed by atoms with Crippen molar-refractivity contribution in [1.29, 1.82) is 0 Å². The SMILES string of the molecule is CCCn1c(=O)c2ccc(C(=O)NC(C)C)cc2n2c(SCc3cccc(OC)c3)nnc12. The molecule has 0 spiro atoms. The summed E-state index contributed by atoms with van der Waals surface area (Å²) < 4.78 is 8.85. The van der Waals surface area contributed by atoms with Gasteiger partial charge in [0.05, 0.1) is 18.0 Å². The highest BCUT2D eigenvalue weighted by molar-refractivity contribution is 7.98. The van der Waals surface area contributed by atoms with Crippen LogP contribution in [0.5, 0.6) is 5.75 Å². The Morgan fingerprint density at radius 1 is 1.18 bits per heavy atom. The summed E-state index contributed by atoms with van der Waals surface area (Å²) in [6.45, 7) is 6.37. The van der Waals surface area contributed by atoms with Crippen LogP contribution in [-0.4, -0.2) is 38.2 Å². The van der Waals surface area contributed by atoms with Crippen LogP contribution in [0.2, 0.25) is 0 Å². The monoisotopic (exact) mass is 465 g/mol. The number of carbonyl (C=O) groups excluding carboxylic acids is 1. The van der Waals surface area contributed by atoms with Crippen molar-refractivity contribution in [3.8, 4) is 5.75 Å². The first-order valence-corrected chi connectivity index (χ1v) is 11.9. The molecule has 4 rings (SSSR count). The Hall–Kier alpha value is -3.33. The molecule has 2 aromatic carbocycles. The number of nitrogens with one attached hydrogen (secondary N) is 1. The van der Waals surface area contributed by atoms with E-state index in [2.05, 4.69) is 15.5 Å². The molecule has 0 aliphatic heterocycles. The summed E-state index contributed by atoms with van der Waals surface area (Å²) in [6.07, 6.45) is 0.787. The van der Waals surface area contributed by atoms with E-state index in [-0.39, 0.29) is 17.5 Å². The number of hydrogen-bond acceptors (Lipinski definition) is 6. The molecule has 0 unspecified atom stereocenters. The van der Waals surface area contributed by atoms with Gasteiger partial charge >= 0.3 is 0 Å². The summed E-state index contributed by atoms with van der Waals surface area (Å²) in [5.74, 6) is 1.74. The normalized spacial score (nSPS) is 11.4. The molecule has 9 heteroatoms. The van der Waals surface area contributed by atoms with E-state index in [1.54, 1.807) is 29.9 Å². The lowest BCUT2D eigenvalue weighted by Gasteiger charge is -2.13. The summed E-state index contributed by atoms with van der Waals surface area (Å²) >= 11 is 1.52. The molecule has 0 bridgehead atoms. The lowest BCUT2D eigenvalue weighted by Crippen LogP contribution is -2.30. The van der Waals surface area contributed by atoms with Crippen molar-refractivity contribution in [2.75, 3.05) is 7.11 Å². The molecule has 0 aliphatic rings. The molecular weight excluding hydrogens is 438 g/mol.